The van der Waals surface area contributed by atoms with Crippen LogP contribution in [-0.2, 0) is 10.0 Å². The van der Waals surface area contributed by atoms with Gasteiger partial charge in [-0.1, -0.05) is 6.07 Å². The topological polar surface area (TPSA) is 120 Å². The number of fused-ring (bicyclic) bond motifs is 1. The first-order valence-electron chi connectivity index (χ1n) is 8.82. The number of hydrogen-bond acceptors (Lipinski definition) is 7. The van der Waals surface area contributed by atoms with Gasteiger partial charge in [0.05, 0.1) is 23.9 Å². The van der Waals surface area contributed by atoms with Crippen LogP contribution in [0.25, 0.3) is 22.0 Å². The summed E-state index contributed by atoms with van der Waals surface area (Å²) in [5, 5.41) is 0.511. The Hall–Kier alpha value is -3.86. The smallest absolute Gasteiger partial charge is 0.267 e. The number of aromatic nitrogens is 3. The van der Waals surface area contributed by atoms with Gasteiger partial charge in [-0.3, -0.25) is 4.72 Å². The molecule has 4 aromatic rings. The maximum absolute atomic E-state index is 15.2. The zero-order valence-corrected chi connectivity index (χ0v) is 16.8. The minimum atomic E-state index is -4.26. The number of sulfonamides is 1. The van der Waals surface area contributed by atoms with E-state index >= 15 is 4.39 Å². The number of nitrogens with zero attached hydrogens (tertiary/aromatic N) is 3. The van der Waals surface area contributed by atoms with E-state index in [1.807, 2.05) is 0 Å². The van der Waals surface area contributed by atoms with Gasteiger partial charge in [0.15, 0.2) is 5.82 Å². The molecule has 0 radical (unpaired) electrons. The summed E-state index contributed by atoms with van der Waals surface area (Å²) in [6.45, 7) is 0. The summed E-state index contributed by atoms with van der Waals surface area (Å²) in [5.74, 6) is -2.04. The Morgan fingerprint density at radius 2 is 1.90 bits per heavy atom. The standard InChI is InChI=1S/C20H15F2N5O3S/c1-30-19-16(3-2-8-24-19)31(28,29)27-15-7-5-13(21)17(18(15)22)11-4-6-14-12(9-11)10-25-20(23)26-14/h2-10,27H,1H3,(H2,23,25,26). The molecule has 4 rings (SSSR count). The maximum Gasteiger partial charge on any atom is 0.267 e. The Morgan fingerprint density at radius 3 is 2.68 bits per heavy atom. The molecule has 0 bridgehead atoms. The van der Waals surface area contributed by atoms with E-state index in [1.54, 1.807) is 6.07 Å². The molecule has 31 heavy (non-hydrogen) atoms. The first kappa shape index (κ1) is 20.4. The van der Waals surface area contributed by atoms with Crippen molar-refractivity contribution < 1.29 is 21.9 Å². The monoisotopic (exact) mass is 443 g/mol. The number of methoxy groups -OCH3 is 1. The number of benzene rings is 2. The van der Waals surface area contributed by atoms with Crippen molar-refractivity contribution in [3.05, 3.63) is 66.5 Å². The number of halogens is 2. The highest BCUT2D eigenvalue weighted by Crippen LogP contribution is 2.33. The summed E-state index contributed by atoms with van der Waals surface area (Å²) in [4.78, 5) is 11.5. The van der Waals surface area contributed by atoms with E-state index in [9.17, 15) is 12.8 Å². The van der Waals surface area contributed by atoms with Gasteiger partial charge in [0, 0.05) is 17.8 Å². The van der Waals surface area contributed by atoms with Crippen LogP contribution in [0.2, 0.25) is 0 Å². The molecule has 0 aliphatic carbocycles. The molecule has 0 unspecified atom stereocenters. The van der Waals surface area contributed by atoms with Crippen molar-refractivity contribution in [3.8, 4) is 17.0 Å². The predicted octanol–water partition coefficient (Wildman–Crippen LogP) is 3.36. The number of pyridine rings is 1. The molecule has 0 saturated heterocycles. The van der Waals surface area contributed by atoms with E-state index in [4.69, 9.17) is 10.5 Å². The molecule has 0 amide bonds. The lowest BCUT2D eigenvalue weighted by atomic mass is 10.0. The van der Waals surface area contributed by atoms with Crippen LogP contribution in [0.15, 0.2) is 59.8 Å². The average Bonchev–Trinajstić information content (AvgIpc) is 2.76. The van der Waals surface area contributed by atoms with Gasteiger partial charge >= 0.3 is 0 Å². The Morgan fingerprint density at radius 1 is 1.10 bits per heavy atom. The van der Waals surface area contributed by atoms with Crippen LogP contribution >= 0.6 is 0 Å². The van der Waals surface area contributed by atoms with Crippen molar-refractivity contribution >= 4 is 32.6 Å². The number of nitrogens with two attached hydrogens (primary N) is 1. The molecule has 2 heterocycles. The fraction of sp³-hybridized carbons (Fsp3) is 0.0500. The Balaban J connectivity index is 1.79. The molecule has 11 heteroatoms. The maximum atomic E-state index is 15.2. The molecule has 3 N–H and O–H groups in total. The Bertz CT molecular complexity index is 1410. The van der Waals surface area contributed by atoms with Crippen molar-refractivity contribution in [1.82, 2.24) is 15.0 Å². The van der Waals surface area contributed by atoms with Crippen LogP contribution < -0.4 is 15.2 Å². The lowest BCUT2D eigenvalue weighted by Gasteiger charge is -2.14. The zero-order valence-electron chi connectivity index (χ0n) is 16.0. The SMILES string of the molecule is COc1ncccc1S(=O)(=O)Nc1ccc(F)c(-c2ccc3nc(N)ncc3c2)c1F. The highest BCUT2D eigenvalue weighted by Gasteiger charge is 2.24. The van der Waals surface area contributed by atoms with E-state index in [0.29, 0.717) is 10.9 Å². The molecule has 0 aliphatic rings. The molecule has 8 nitrogen and oxygen atoms in total. The third-order valence-electron chi connectivity index (χ3n) is 4.44. The Labute approximate surface area is 175 Å². The van der Waals surface area contributed by atoms with Crippen LogP contribution in [0.1, 0.15) is 0 Å². The summed E-state index contributed by atoms with van der Waals surface area (Å²) >= 11 is 0. The highest BCUT2D eigenvalue weighted by molar-refractivity contribution is 7.92. The summed E-state index contributed by atoms with van der Waals surface area (Å²) in [6, 6.07) is 9.11. The second kappa shape index (κ2) is 7.76. The van der Waals surface area contributed by atoms with Crippen LogP contribution in [-0.4, -0.2) is 30.5 Å². The Kier molecular flexibility index (Phi) is 5.11. The number of anilines is 2. The van der Waals surface area contributed by atoms with Crippen molar-refractivity contribution in [1.29, 1.82) is 0 Å². The van der Waals surface area contributed by atoms with Gasteiger partial charge in [-0.05, 0) is 42.0 Å². The fourth-order valence-corrected chi connectivity index (χ4v) is 4.21. The average molecular weight is 443 g/mol. The van der Waals surface area contributed by atoms with E-state index in [1.165, 1.54) is 43.8 Å². The van der Waals surface area contributed by atoms with Crippen molar-refractivity contribution in [2.45, 2.75) is 4.90 Å². The number of nitrogens with one attached hydrogen (secondary N) is 1. The number of nitrogen functional groups attached to an aromatic ring is 1. The molecule has 2 aromatic heterocycles. The number of rotatable bonds is 5. The minimum absolute atomic E-state index is 0.0693. The lowest BCUT2D eigenvalue weighted by molar-refractivity contribution is 0.385. The van der Waals surface area contributed by atoms with E-state index < -0.39 is 32.9 Å². The second-order valence-corrected chi connectivity index (χ2v) is 8.05. The molecule has 2 aromatic carbocycles. The van der Waals surface area contributed by atoms with Gasteiger partial charge in [0.1, 0.15) is 10.7 Å². The molecule has 0 spiro atoms. The van der Waals surface area contributed by atoms with Crippen LogP contribution in [0.5, 0.6) is 5.88 Å². The summed E-state index contributed by atoms with van der Waals surface area (Å²) in [6.07, 6.45) is 2.78. The van der Waals surface area contributed by atoms with Gasteiger partial charge in [-0.25, -0.2) is 32.2 Å². The number of ether oxygens (including phenoxy) is 1. The molecule has 0 fully saturated rings. The normalized spacial score (nSPS) is 11.5. The third-order valence-corrected chi connectivity index (χ3v) is 5.82. The van der Waals surface area contributed by atoms with Crippen LogP contribution in [0.3, 0.4) is 0 Å². The molecule has 0 atom stereocenters. The summed E-state index contributed by atoms with van der Waals surface area (Å²) in [7, 11) is -3.00. The fourth-order valence-electron chi connectivity index (χ4n) is 3.03. The van der Waals surface area contributed by atoms with Gasteiger partial charge in [-0.2, -0.15) is 0 Å². The van der Waals surface area contributed by atoms with Crippen LogP contribution in [0.4, 0.5) is 20.4 Å². The minimum Gasteiger partial charge on any atom is -0.480 e. The van der Waals surface area contributed by atoms with E-state index in [0.717, 1.165) is 12.1 Å². The molecule has 0 aliphatic heterocycles. The molecular formula is C20H15F2N5O3S. The molecule has 0 saturated carbocycles. The van der Waals surface area contributed by atoms with Gasteiger partial charge < -0.3 is 10.5 Å². The summed E-state index contributed by atoms with van der Waals surface area (Å²) < 4.78 is 62.4. The molecular weight excluding hydrogens is 428 g/mol. The van der Waals surface area contributed by atoms with Gasteiger partial charge in [0.2, 0.25) is 11.8 Å². The third kappa shape index (κ3) is 3.82. The van der Waals surface area contributed by atoms with Crippen molar-refractivity contribution in [3.63, 3.8) is 0 Å². The summed E-state index contributed by atoms with van der Waals surface area (Å²) in [5.41, 5.74) is 5.38. The van der Waals surface area contributed by atoms with E-state index in [-0.39, 0.29) is 22.3 Å². The van der Waals surface area contributed by atoms with Crippen molar-refractivity contribution in [2.24, 2.45) is 0 Å². The largest absolute Gasteiger partial charge is 0.480 e. The zero-order chi connectivity index (χ0) is 22.2. The lowest BCUT2D eigenvalue weighted by Crippen LogP contribution is -2.16. The number of hydrogen-bond donors (Lipinski definition) is 2. The predicted molar refractivity (Wildman–Crippen MR) is 111 cm³/mol. The highest BCUT2D eigenvalue weighted by atomic mass is 32.2. The van der Waals surface area contributed by atoms with Crippen LogP contribution in [0, 0.1) is 11.6 Å². The first-order valence-corrected chi connectivity index (χ1v) is 10.3. The van der Waals surface area contributed by atoms with E-state index in [2.05, 4.69) is 19.7 Å². The quantitative estimate of drug-likeness (QED) is 0.485. The van der Waals surface area contributed by atoms with Gasteiger partial charge in [0.25, 0.3) is 10.0 Å². The van der Waals surface area contributed by atoms with Gasteiger partial charge in [-0.15, -0.1) is 0 Å². The first-order chi connectivity index (χ1) is 14.8. The molecule has 158 valence electrons. The second-order valence-electron chi connectivity index (χ2n) is 6.40. The van der Waals surface area contributed by atoms with Crippen molar-refractivity contribution in [2.75, 3.05) is 17.6 Å².